The lowest BCUT2D eigenvalue weighted by atomic mass is 10.2. The van der Waals surface area contributed by atoms with E-state index in [1.807, 2.05) is 0 Å². The van der Waals surface area contributed by atoms with E-state index in [4.69, 9.17) is 16.0 Å². The molecule has 0 amide bonds. The number of aliphatic carboxylic acids is 1. The Morgan fingerprint density at radius 2 is 1.92 bits per heavy atom. The highest BCUT2D eigenvalue weighted by molar-refractivity contribution is 9.10. The molecular formula is C17H10BrClN2O4S. The second kappa shape index (κ2) is 7.94. The number of hydrogen-bond acceptors (Lipinski definition) is 6. The summed E-state index contributed by atoms with van der Waals surface area (Å²) in [5.41, 5.74) is 1.27. The van der Waals surface area contributed by atoms with Gasteiger partial charge in [0.2, 0.25) is 5.89 Å². The van der Waals surface area contributed by atoms with Crippen LogP contribution in [0, 0.1) is 0 Å². The van der Waals surface area contributed by atoms with Gasteiger partial charge in [-0.3, -0.25) is 0 Å². The number of aromatic hydroxyl groups is 1. The van der Waals surface area contributed by atoms with E-state index in [0.29, 0.717) is 20.6 Å². The third kappa shape index (κ3) is 4.46. The molecule has 3 rings (SSSR count). The predicted molar refractivity (Wildman–Crippen MR) is 102 cm³/mol. The van der Waals surface area contributed by atoms with Crippen LogP contribution in [0.4, 0.5) is 0 Å². The van der Waals surface area contributed by atoms with Crippen molar-refractivity contribution in [2.75, 3.05) is 0 Å². The van der Waals surface area contributed by atoms with Crippen molar-refractivity contribution in [1.82, 2.24) is 10.2 Å². The fourth-order valence-electron chi connectivity index (χ4n) is 1.95. The number of thioether (sulfide) groups is 1. The Morgan fingerprint density at radius 1 is 1.19 bits per heavy atom. The number of carboxylic acid groups (broad SMARTS) is 1. The number of nitrogens with zero attached hydrogens (tertiary/aromatic N) is 2. The lowest BCUT2D eigenvalue weighted by Crippen LogP contribution is -1.96. The maximum Gasteiger partial charge on any atom is 0.342 e. The number of aromatic nitrogens is 2. The molecule has 0 bridgehead atoms. The second-order valence-corrected chi connectivity index (χ2v) is 7.29. The standard InChI is InChI=1S/C17H10BrClN2O4S/c18-12-7-9(1-6-13(12)22)8-14(16(23)24)26-17-21-20-15(25-17)10-2-4-11(19)5-3-10/h1-8,22H,(H,23,24)/b14-8-. The van der Waals surface area contributed by atoms with E-state index in [2.05, 4.69) is 26.1 Å². The Morgan fingerprint density at radius 3 is 2.58 bits per heavy atom. The highest BCUT2D eigenvalue weighted by Crippen LogP contribution is 2.31. The fourth-order valence-corrected chi connectivity index (χ4v) is 3.15. The largest absolute Gasteiger partial charge is 0.507 e. The van der Waals surface area contributed by atoms with Gasteiger partial charge in [-0.1, -0.05) is 17.7 Å². The summed E-state index contributed by atoms with van der Waals surface area (Å²) in [5, 5.41) is 27.4. The lowest BCUT2D eigenvalue weighted by Gasteiger charge is -2.01. The molecule has 26 heavy (non-hydrogen) atoms. The Balaban J connectivity index is 1.84. The molecule has 0 saturated carbocycles. The highest BCUT2D eigenvalue weighted by atomic mass is 79.9. The Hall–Kier alpha value is -2.29. The van der Waals surface area contributed by atoms with Crippen molar-refractivity contribution in [3.8, 4) is 17.2 Å². The number of hydrogen-bond donors (Lipinski definition) is 2. The summed E-state index contributed by atoms with van der Waals surface area (Å²) in [5.74, 6) is -0.803. The minimum absolute atomic E-state index is 0.00565. The Labute approximate surface area is 165 Å². The van der Waals surface area contributed by atoms with Crippen LogP contribution in [0.1, 0.15) is 5.56 Å². The number of benzene rings is 2. The molecule has 0 fully saturated rings. The first-order valence-electron chi connectivity index (χ1n) is 7.13. The molecule has 132 valence electrons. The van der Waals surface area contributed by atoms with Crippen molar-refractivity contribution in [2.24, 2.45) is 0 Å². The van der Waals surface area contributed by atoms with Crippen LogP contribution in [0.2, 0.25) is 5.02 Å². The topological polar surface area (TPSA) is 96.5 Å². The first-order chi connectivity index (χ1) is 12.4. The third-order valence-corrected chi connectivity index (χ3v) is 4.91. The molecule has 0 atom stereocenters. The molecule has 2 N–H and O–H groups in total. The van der Waals surface area contributed by atoms with Crippen molar-refractivity contribution >= 4 is 51.3 Å². The van der Waals surface area contributed by atoms with Gasteiger partial charge in [-0.05, 0) is 75.7 Å². The van der Waals surface area contributed by atoms with Crippen LogP contribution in [0.25, 0.3) is 17.5 Å². The summed E-state index contributed by atoms with van der Waals surface area (Å²) in [4.78, 5) is 11.5. The van der Waals surface area contributed by atoms with E-state index in [1.54, 1.807) is 36.4 Å². The number of phenolic OH excluding ortho intramolecular Hbond substituents is 1. The van der Waals surface area contributed by atoms with E-state index in [9.17, 15) is 15.0 Å². The zero-order valence-corrected chi connectivity index (χ0v) is 16.0. The summed E-state index contributed by atoms with van der Waals surface area (Å²) in [6, 6.07) is 11.5. The maximum atomic E-state index is 11.5. The smallest absolute Gasteiger partial charge is 0.342 e. The number of phenols is 1. The van der Waals surface area contributed by atoms with E-state index in [1.165, 1.54) is 12.1 Å². The normalized spacial score (nSPS) is 11.5. The van der Waals surface area contributed by atoms with Gasteiger partial charge in [-0.25, -0.2) is 4.79 Å². The molecule has 9 heteroatoms. The van der Waals surface area contributed by atoms with Gasteiger partial charge < -0.3 is 14.6 Å². The van der Waals surface area contributed by atoms with Gasteiger partial charge in [-0.2, -0.15) is 0 Å². The molecule has 0 aliphatic rings. The van der Waals surface area contributed by atoms with Crippen LogP contribution in [0.3, 0.4) is 0 Å². The van der Waals surface area contributed by atoms with Gasteiger partial charge in [0.25, 0.3) is 5.22 Å². The molecule has 0 radical (unpaired) electrons. The fraction of sp³-hybridized carbons (Fsp3) is 0. The average Bonchev–Trinajstić information content (AvgIpc) is 3.06. The van der Waals surface area contributed by atoms with Crippen LogP contribution in [-0.4, -0.2) is 26.4 Å². The molecule has 6 nitrogen and oxygen atoms in total. The molecular weight excluding hydrogens is 444 g/mol. The predicted octanol–water partition coefficient (Wildman–Crippen LogP) is 5.08. The van der Waals surface area contributed by atoms with Crippen molar-refractivity contribution in [3.05, 3.63) is 62.4 Å². The minimum atomic E-state index is -1.13. The van der Waals surface area contributed by atoms with Crippen molar-refractivity contribution in [2.45, 2.75) is 5.22 Å². The second-order valence-electron chi connectivity index (χ2n) is 5.01. The van der Waals surface area contributed by atoms with Crippen LogP contribution >= 0.6 is 39.3 Å². The molecule has 1 heterocycles. The van der Waals surface area contributed by atoms with E-state index < -0.39 is 5.97 Å². The number of carbonyl (C=O) groups is 1. The molecule has 1 aromatic heterocycles. The van der Waals surface area contributed by atoms with Gasteiger partial charge >= 0.3 is 5.97 Å². The van der Waals surface area contributed by atoms with Crippen molar-refractivity contribution < 1.29 is 19.4 Å². The number of rotatable bonds is 5. The van der Waals surface area contributed by atoms with Crippen LogP contribution in [-0.2, 0) is 4.79 Å². The quantitative estimate of drug-likeness (QED) is 0.411. The minimum Gasteiger partial charge on any atom is -0.507 e. The maximum absolute atomic E-state index is 11.5. The first kappa shape index (κ1) is 18.5. The van der Waals surface area contributed by atoms with Crippen LogP contribution in [0.5, 0.6) is 5.75 Å². The average molecular weight is 454 g/mol. The zero-order chi connectivity index (χ0) is 18.7. The molecule has 2 aromatic carbocycles. The Kier molecular flexibility index (Phi) is 5.65. The lowest BCUT2D eigenvalue weighted by molar-refractivity contribution is -0.131. The Bertz CT molecular complexity index is 989. The summed E-state index contributed by atoms with van der Waals surface area (Å²) in [6.07, 6.45) is 1.45. The van der Waals surface area contributed by atoms with Crippen molar-refractivity contribution in [1.29, 1.82) is 0 Å². The van der Waals surface area contributed by atoms with Crippen LogP contribution in [0.15, 0.2) is 61.5 Å². The molecule has 0 aliphatic carbocycles. The molecule has 0 aliphatic heterocycles. The van der Waals surface area contributed by atoms with Gasteiger partial charge in [0.15, 0.2) is 0 Å². The SMILES string of the molecule is O=C(O)/C(=C/c1ccc(O)c(Br)c1)Sc1nnc(-c2ccc(Cl)cc2)o1. The number of carboxylic acids is 1. The van der Waals surface area contributed by atoms with E-state index in [-0.39, 0.29) is 21.8 Å². The van der Waals surface area contributed by atoms with E-state index in [0.717, 1.165) is 11.8 Å². The molecule has 0 unspecified atom stereocenters. The third-order valence-electron chi connectivity index (χ3n) is 3.18. The number of halogens is 2. The summed E-state index contributed by atoms with van der Waals surface area (Å²) >= 11 is 9.87. The molecule has 0 saturated heterocycles. The monoisotopic (exact) mass is 452 g/mol. The van der Waals surface area contributed by atoms with Gasteiger partial charge in [-0.15, -0.1) is 10.2 Å². The van der Waals surface area contributed by atoms with Gasteiger partial charge in [0.05, 0.1) is 4.47 Å². The molecule has 0 spiro atoms. The summed E-state index contributed by atoms with van der Waals surface area (Å²) in [6.45, 7) is 0. The zero-order valence-electron chi connectivity index (χ0n) is 12.9. The van der Waals surface area contributed by atoms with Gasteiger partial charge in [0.1, 0.15) is 10.7 Å². The highest BCUT2D eigenvalue weighted by Gasteiger charge is 2.16. The van der Waals surface area contributed by atoms with Crippen molar-refractivity contribution in [3.63, 3.8) is 0 Å². The summed E-state index contributed by atoms with van der Waals surface area (Å²) < 4.78 is 5.98. The first-order valence-corrected chi connectivity index (χ1v) is 9.12. The van der Waals surface area contributed by atoms with Crippen LogP contribution < -0.4 is 0 Å². The van der Waals surface area contributed by atoms with Gasteiger partial charge in [0, 0.05) is 10.6 Å². The van der Waals surface area contributed by atoms with E-state index >= 15 is 0 Å². The molecule has 3 aromatic rings. The summed E-state index contributed by atoms with van der Waals surface area (Å²) in [7, 11) is 0.